The van der Waals surface area contributed by atoms with E-state index in [1.807, 2.05) is 30.3 Å². The SMILES string of the molecule is COC(=O)Cn1c(=NC(=O)Cc2cccc(OC)c2)sc2cc(OC)ccc21. The number of aromatic nitrogens is 1. The summed E-state index contributed by atoms with van der Waals surface area (Å²) in [6.07, 6.45) is 0.132. The maximum atomic E-state index is 12.5. The van der Waals surface area contributed by atoms with E-state index < -0.39 is 5.97 Å². The van der Waals surface area contributed by atoms with Gasteiger partial charge in [0.05, 0.1) is 38.0 Å². The lowest BCUT2D eigenvalue weighted by atomic mass is 10.1. The Kier molecular flexibility index (Phi) is 6.10. The summed E-state index contributed by atoms with van der Waals surface area (Å²) >= 11 is 1.32. The van der Waals surface area contributed by atoms with Crippen molar-refractivity contribution in [2.24, 2.45) is 4.99 Å². The smallest absolute Gasteiger partial charge is 0.325 e. The van der Waals surface area contributed by atoms with Crippen LogP contribution in [0.5, 0.6) is 11.5 Å². The summed E-state index contributed by atoms with van der Waals surface area (Å²) in [5.41, 5.74) is 1.58. The molecule has 0 aliphatic carbocycles. The molecular weight excluding hydrogens is 380 g/mol. The van der Waals surface area contributed by atoms with E-state index in [9.17, 15) is 9.59 Å². The number of hydrogen-bond acceptors (Lipinski definition) is 6. The number of amides is 1. The van der Waals surface area contributed by atoms with E-state index in [0.29, 0.717) is 16.3 Å². The van der Waals surface area contributed by atoms with Crippen LogP contribution in [-0.4, -0.2) is 37.8 Å². The van der Waals surface area contributed by atoms with Crippen LogP contribution in [0.3, 0.4) is 0 Å². The minimum Gasteiger partial charge on any atom is -0.497 e. The van der Waals surface area contributed by atoms with Gasteiger partial charge in [-0.2, -0.15) is 4.99 Å². The summed E-state index contributed by atoms with van der Waals surface area (Å²) in [6.45, 7) is -0.0336. The Labute approximate surface area is 165 Å². The second-order valence-electron chi connectivity index (χ2n) is 5.91. The molecule has 0 atom stereocenters. The molecule has 0 spiro atoms. The number of hydrogen-bond donors (Lipinski definition) is 0. The van der Waals surface area contributed by atoms with Gasteiger partial charge in [-0.05, 0) is 35.9 Å². The van der Waals surface area contributed by atoms with Crippen LogP contribution < -0.4 is 14.3 Å². The normalized spacial score (nSPS) is 11.5. The van der Waals surface area contributed by atoms with Crippen LogP contribution in [0.4, 0.5) is 0 Å². The fourth-order valence-electron chi connectivity index (χ4n) is 2.72. The fraction of sp³-hybridized carbons (Fsp3) is 0.250. The third-order valence-electron chi connectivity index (χ3n) is 4.11. The van der Waals surface area contributed by atoms with Gasteiger partial charge in [0.25, 0.3) is 5.91 Å². The van der Waals surface area contributed by atoms with E-state index in [0.717, 1.165) is 15.8 Å². The highest BCUT2D eigenvalue weighted by molar-refractivity contribution is 7.16. The molecule has 0 saturated carbocycles. The van der Waals surface area contributed by atoms with E-state index in [2.05, 4.69) is 4.99 Å². The van der Waals surface area contributed by atoms with Crippen LogP contribution in [0.1, 0.15) is 5.56 Å². The van der Waals surface area contributed by atoms with Gasteiger partial charge in [0.1, 0.15) is 18.0 Å². The maximum Gasteiger partial charge on any atom is 0.325 e. The Morgan fingerprint density at radius 3 is 2.50 bits per heavy atom. The molecule has 1 aromatic heterocycles. The van der Waals surface area contributed by atoms with Gasteiger partial charge in [-0.3, -0.25) is 9.59 Å². The van der Waals surface area contributed by atoms with Gasteiger partial charge in [-0.1, -0.05) is 23.5 Å². The second-order valence-corrected chi connectivity index (χ2v) is 6.92. The zero-order chi connectivity index (χ0) is 20.1. The highest BCUT2D eigenvalue weighted by Gasteiger charge is 2.13. The minimum absolute atomic E-state index is 0.0336. The van der Waals surface area contributed by atoms with Crippen LogP contribution in [0.15, 0.2) is 47.5 Å². The zero-order valence-electron chi connectivity index (χ0n) is 15.8. The molecule has 0 aliphatic heterocycles. The molecule has 8 heteroatoms. The van der Waals surface area contributed by atoms with E-state index in [1.54, 1.807) is 30.9 Å². The summed E-state index contributed by atoms with van der Waals surface area (Å²) in [6, 6.07) is 12.8. The lowest BCUT2D eigenvalue weighted by molar-refractivity contribution is -0.141. The zero-order valence-corrected chi connectivity index (χ0v) is 16.6. The largest absolute Gasteiger partial charge is 0.497 e. The van der Waals surface area contributed by atoms with Crippen molar-refractivity contribution < 1.29 is 23.8 Å². The lowest BCUT2D eigenvalue weighted by Crippen LogP contribution is -2.22. The number of ether oxygens (including phenoxy) is 3. The molecule has 0 fully saturated rings. The molecule has 146 valence electrons. The van der Waals surface area contributed by atoms with E-state index >= 15 is 0 Å². The van der Waals surface area contributed by atoms with Crippen molar-refractivity contribution >= 4 is 33.4 Å². The van der Waals surface area contributed by atoms with Gasteiger partial charge in [-0.25, -0.2) is 0 Å². The van der Waals surface area contributed by atoms with Gasteiger partial charge in [0.2, 0.25) is 0 Å². The molecule has 0 saturated heterocycles. The Morgan fingerprint density at radius 1 is 1.04 bits per heavy atom. The van der Waals surface area contributed by atoms with Gasteiger partial charge in [-0.15, -0.1) is 0 Å². The molecular formula is C20H20N2O5S. The molecule has 0 N–H and O–H groups in total. The minimum atomic E-state index is -0.419. The maximum absolute atomic E-state index is 12.5. The third-order valence-corrected chi connectivity index (χ3v) is 5.16. The predicted octanol–water partition coefficient (Wildman–Crippen LogP) is 2.56. The number of methoxy groups -OCH3 is 3. The standard InChI is InChI=1S/C20H20N2O5S/c1-25-14-6-4-5-13(9-14)10-18(23)21-20-22(12-19(24)27-3)16-8-7-15(26-2)11-17(16)28-20/h4-9,11H,10,12H2,1-3H3. The van der Waals surface area contributed by atoms with E-state index in [4.69, 9.17) is 14.2 Å². The molecule has 0 radical (unpaired) electrons. The Hall–Kier alpha value is -3.13. The Morgan fingerprint density at radius 2 is 1.79 bits per heavy atom. The quantitative estimate of drug-likeness (QED) is 0.594. The monoisotopic (exact) mass is 400 g/mol. The van der Waals surface area contributed by atoms with Gasteiger partial charge in [0, 0.05) is 0 Å². The van der Waals surface area contributed by atoms with Crippen LogP contribution in [0, 0.1) is 0 Å². The molecule has 28 heavy (non-hydrogen) atoms. The molecule has 3 aromatic rings. The highest BCUT2D eigenvalue weighted by atomic mass is 32.1. The Bertz CT molecular complexity index is 1080. The molecule has 1 heterocycles. The summed E-state index contributed by atoms with van der Waals surface area (Å²) in [7, 11) is 4.48. The molecule has 0 aliphatic rings. The van der Waals surface area contributed by atoms with Gasteiger partial charge in [0.15, 0.2) is 4.80 Å². The van der Waals surface area contributed by atoms with Gasteiger partial charge < -0.3 is 18.8 Å². The fourth-order valence-corrected chi connectivity index (χ4v) is 3.79. The molecule has 0 unspecified atom stereocenters. The highest BCUT2D eigenvalue weighted by Crippen LogP contribution is 2.23. The molecule has 0 bridgehead atoms. The number of thiazole rings is 1. The third kappa shape index (κ3) is 4.40. The van der Waals surface area contributed by atoms with Crippen molar-refractivity contribution in [3.8, 4) is 11.5 Å². The summed E-state index contributed by atoms with van der Waals surface area (Å²) in [5.74, 6) is 0.635. The van der Waals surface area contributed by atoms with Crippen molar-refractivity contribution in [1.29, 1.82) is 0 Å². The van der Waals surface area contributed by atoms with Crippen LogP contribution in [-0.2, 0) is 27.3 Å². The topological polar surface area (TPSA) is 79.1 Å². The number of fused-ring (bicyclic) bond motifs is 1. The number of rotatable bonds is 6. The summed E-state index contributed by atoms with van der Waals surface area (Å²) < 4.78 is 17.7. The lowest BCUT2D eigenvalue weighted by Gasteiger charge is -2.05. The summed E-state index contributed by atoms with van der Waals surface area (Å²) in [4.78, 5) is 29.1. The first-order chi connectivity index (χ1) is 13.5. The predicted molar refractivity (Wildman–Crippen MR) is 106 cm³/mol. The molecule has 1 amide bonds. The number of carbonyl (C=O) groups is 2. The van der Waals surface area contributed by atoms with Crippen molar-refractivity contribution in [2.45, 2.75) is 13.0 Å². The number of nitrogens with zero attached hydrogens (tertiary/aromatic N) is 2. The average Bonchev–Trinajstić information content (AvgIpc) is 3.03. The van der Waals surface area contributed by atoms with Crippen LogP contribution in [0.25, 0.3) is 10.2 Å². The summed E-state index contributed by atoms with van der Waals surface area (Å²) in [5, 5.41) is 0. The number of esters is 1. The van der Waals surface area contributed by atoms with Crippen molar-refractivity contribution in [1.82, 2.24) is 4.57 Å². The molecule has 2 aromatic carbocycles. The Balaban J connectivity index is 2.00. The first kappa shape index (κ1) is 19.6. The van der Waals surface area contributed by atoms with E-state index in [1.165, 1.54) is 18.4 Å². The average molecular weight is 400 g/mol. The van der Waals surface area contributed by atoms with Crippen molar-refractivity contribution in [3.63, 3.8) is 0 Å². The van der Waals surface area contributed by atoms with E-state index in [-0.39, 0.29) is 18.9 Å². The number of carbonyl (C=O) groups excluding carboxylic acids is 2. The van der Waals surface area contributed by atoms with Crippen molar-refractivity contribution in [3.05, 3.63) is 52.8 Å². The van der Waals surface area contributed by atoms with Crippen molar-refractivity contribution in [2.75, 3.05) is 21.3 Å². The molecule has 3 rings (SSSR count). The van der Waals surface area contributed by atoms with Gasteiger partial charge >= 0.3 is 5.97 Å². The number of benzene rings is 2. The van der Waals surface area contributed by atoms with Crippen LogP contribution in [0.2, 0.25) is 0 Å². The second kappa shape index (κ2) is 8.71. The first-order valence-electron chi connectivity index (χ1n) is 8.48. The molecule has 7 nitrogen and oxygen atoms in total. The van der Waals surface area contributed by atoms with Crippen LogP contribution >= 0.6 is 11.3 Å². The first-order valence-corrected chi connectivity index (χ1v) is 9.30.